The molecule has 4 heteroatoms. The predicted octanol–water partition coefficient (Wildman–Crippen LogP) is 2.53. The minimum atomic E-state index is 0.256. The van der Waals surface area contributed by atoms with Gasteiger partial charge in [0.15, 0.2) is 0 Å². The first kappa shape index (κ1) is 14.3. The standard InChI is InChI=1S/C15H24N2O2/c1-12-7-8-15(18)14(17-12)11-16-9-10-19-13-5-3-2-4-6-13/h7-8,13,16,18H,2-6,9-11H2,1H3. The van der Waals surface area contributed by atoms with Crippen LogP contribution >= 0.6 is 0 Å². The number of hydrogen-bond acceptors (Lipinski definition) is 4. The van der Waals surface area contributed by atoms with Crippen LogP contribution in [0.2, 0.25) is 0 Å². The summed E-state index contributed by atoms with van der Waals surface area (Å²) in [5, 5.41) is 12.9. The van der Waals surface area contributed by atoms with Crippen LogP contribution in [0.3, 0.4) is 0 Å². The fourth-order valence-electron chi connectivity index (χ4n) is 2.47. The Balaban J connectivity index is 1.62. The molecule has 1 aliphatic carbocycles. The van der Waals surface area contributed by atoms with Crippen molar-refractivity contribution in [3.8, 4) is 5.75 Å². The highest BCUT2D eigenvalue weighted by Gasteiger charge is 2.13. The Bertz CT molecular complexity index is 390. The molecule has 1 aromatic rings. The highest BCUT2D eigenvalue weighted by Crippen LogP contribution is 2.20. The average molecular weight is 264 g/mol. The van der Waals surface area contributed by atoms with E-state index in [4.69, 9.17) is 4.74 Å². The molecule has 0 unspecified atom stereocenters. The second-order valence-electron chi connectivity index (χ2n) is 5.23. The lowest BCUT2D eigenvalue weighted by Crippen LogP contribution is -2.24. The van der Waals surface area contributed by atoms with Crippen LogP contribution in [0, 0.1) is 6.92 Å². The fraction of sp³-hybridized carbons (Fsp3) is 0.667. The van der Waals surface area contributed by atoms with E-state index in [1.165, 1.54) is 32.1 Å². The van der Waals surface area contributed by atoms with Crippen LogP contribution in [-0.2, 0) is 11.3 Å². The summed E-state index contributed by atoms with van der Waals surface area (Å²) >= 11 is 0. The van der Waals surface area contributed by atoms with Gasteiger partial charge in [0.25, 0.3) is 0 Å². The van der Waals surface area contributed by atoms with Gasteiger partial charge in [-0.1, -0.05) is 19.3 Å². The third kappa shape index (κ3) is 4.80. The lowest BCUT2D eigenvalue weighted by Gasteiger charge is -2.22. The van der Waals surface area contributed by atoms with Crippen LogP contribution in [0.4, 0.5) is 0 Å². The third-order valence-corrected chi connectivity index (χ3v) is 3.57. The maximum absolute atomic E-state index is 9.66. The van der Waals surface area contributed by atoms with E-state index in [0.717, 1.165) is 18.8 Å². The number of rotatable bonds is 6. The molecule has 0 aliphatic heterocycles. The van der Waals surface area contributed by atoms with E-state index in [1.807, 2.05) is 13.0 Å². The van der Waals surface area contributed by atoms with Gasteiger partial charge in [0.2, 0.25) is 0 Å². The maximum atomic E-state index is 9.66. The van der Waals surface area contributed by atoms with Crippen molar-refractivity contribution < 1.29 is 9.84 Å². The first-order valence-electron chi connectivity index (χ1n) is 7.23. The summed E-state index contributed by atoms with van der Waals surface area (Å²) < 4.78 is 5.83. The quantitative estimate of drug-likeness (QED) is 0.775. The number of aromatic nitrogens is 1. The van der Waals surface area contributed by atoms with Gasteiger partial charge in [-0.2, -0.15) is 0 Å². The number of aryl methyl sites for hydroxylation is 1. The van der Waals surface area contributed by atoms with Crippen molar-refractivity contribution in [3.63, 3.8) is 0 Å². The number of pyridine rings is 1. The van der Waals surface area contributed by atoms with Crippen molar-refractivity contribution in [3.05, 3.63) is 23.5 Å². The third-order valence-electron chi connectivity index (χ3n) is 3.57. The van der Waals surface area contributed by atoms with Gasteiger partial charge in [-0.05, 0) is 31.9 Å². The van der Waals surface area contributed by atoms with E-state index in [9.17, 15) is 5.11 Å². The van der Waals surface area contributed by atoms with Gasteiger partial charge in [0, 0.05) is 18.8 Å². The normalized spacial score (nSPS) is 16.7. The molecule has 1 aliphatic rings. The Hall–Kier alpha value is -1.13. The number of hydrogen-bond donors (Lipinski definition) is 2. The molecule has 0 saturated heterocycles. The van der Waals surface area contributed by atoms with Gasteiger partial charge in [0.05, 0.1) is 18.4 Å². The van der Waals surface area contributed by atoms with Crippen LogP contribution in [0.25, 0.3) is 0 Å². The van der Waals surface area contributed by atoms with Crippen LogP contribution in [0.15, 0.2) is 12.1 Å². The van der Waals surface area contributed by atoms with Crippen molar-refractivity contribution in [2.75, 3.05) is 13.2 Å². The first-order chi connectivity index (χ1) is 9.25. The molecule has 0 radical (unpaired) electrons. The summed E-state index contributed by atoms with van der Waals surface area (Å²) in [5.41, 5.74) is 1.63. The van der Waals surface area contributed by atoms with E-state index in [-0.39, 0.29) is 5.75 Å². The highest BCUT2D eigenvalue weighted by molar-refractivity contribution is 5.27. The topological polar surface area (TPSA) is 54.4 Å². The number of aromatic hydroxyl groups is 1. The molecular weight excluding hydrogens is 240 g/mol. The van der Waals surface area contributed by atoms with E-state index in [2.05, 4.69) is 10.3 Å². The van der Waals surface area contributed by atoms with E-state index >= 15 is 0 Å². The van der Waals surface area contributed by atoms with E-state index in [0.29, 0.717) is 18.3 Å². The van der Waals surface area contributed by atoms with Crippen molar-refractivity contribution in [1.82, 2.24) is 10.3 Å². The zero-order valence-electron chi connectivity index (χ0n) is 11.7. The largest absolute Gasteiger partial charge is 0.506 e. The van der Waals surface area contributed by atoms with E-state index < -0.39 is 0 Å². The Morgan fingerprint density at radius 1 is 1.32 bits per heavy atom. The van der Waals surface area contributed by atoms with Crippen molar-refractivity contribution in [2.24, 2.45) is 0 Å². The molecule has 0 amide bonds. The predicted molar refractivity (Wildman–Crippen MR) is 75.2 cm³/mol. The SMILES string of the molecule is Cc1ccc(O)c(CNCCOC2CCCCC2)n1. The summed E-state index contributed by atoms with van der Waals surface area (Å²) in [5.74, 6) is 0.256. The van der Waals surface area contributed by atoms with Crippen LogP contribution in [0.5, 0.6) is 5.75 Å². The summed E-state index contributed by atoms with van der Waals surface area (Å²) in [6.45, 7) is 4.04. The number of nitrogens with one attached hydrogen (secondary N) is 1. The Morgan fingerprint density at radius 2 is 2.11 bits per heavy atom. The lowest BCUT2D eigenvalue weighted by atomic mass is 9.98. The Labute approximate surface area is 115 Å². The van der Waals surface area contributed by atoms with Crippen molar-refractivity contribution in [2.45, 2.75) is 51.7 Å². The molecule has 0 atom stereocenters. The van der Waals surface area contributed by atoms with Crippen molar-refractivity contribution >= 4 is 0 Å². The van der Waals surface area contributed by atoms with E-state index in [1.54, 1.807) is 6.07 Å². The summed E-state index contributed by atoms with van der Waals surface area (Å²) in [6.07, 6.45) is 6.84. The Kier molecular flexibility index (Phi) is 5.61. The van der Waals surface area contributed by atoms with Gasteiger partial charge < -0.3 is 15.2 Å². The smallest absolute Gasteiger partial charge is 0.138 e. The van der Waals surface area contributed by atoms with Gasteiger partial charge in [-0.3, -0.25) is 4.98 Å². The second-order valence-corrected chi connectivity index (χ2v) is 5.23. The minimum Gasteiger partial charge on any atom is -0.506 e. The molecule has 4 nitrogen and oxygen atoms in total. The minimum absolute atomic E-state index is 0.256. The van der Waals surface area contributed by atoms with Crippen molar-refractivity contribution in [1.29, 1.82) is 0 Å². The summed E-state index contributed by atoms with van der Waals surface area (Å²) in [4.78, 5) is 4.31. The zero-order chi connectivity index (χ0) is 13.5. The molecule has 1 saturated carbocycles. The van der Waals surface area contributed by atoms with Gasteiger partial charge in [-0.25, -0.2) is 0 Å². The first-order valence-corrected chi connectivity index (χ1v) is 7.23. The van der Waals surface area contributed by atoms with Crippen LogP contribution in [-0.4, -0.2) is 29.3 Å². The molecule has 2 rings (SSSR count). The lowest BCUT2D eigenvalue weighted by molar-refractivity contribution is 0.0302. The van der Waals surface area contributed by atoms with Crippen LogP contribution < -0.4 is 5.32 Å². The second kappa shape index (κ2) is 7.46. The highest BCUT2D eigenvalue weighted by atomic mass is 16.5. The van der Waals surface area contributed by atoms with Gasteiger partial charge in [0.1, 0.15) is 5.75 Å². The molecule has 19 heavy (non-hydrogen) atoms. The zero-order valence-corrected chi connectivity index (χ0v) is 11.7. The average Bonchev–Trinajstić information content (AvgIpc) is 2.43. The molecule has 1 fully saturated rings. The Morgan fingerprint density at radius 3 is 2.89 bits per heavy atom. The molecule has 1 heterocycles. The molecule has 0 bridgehead atoms. The number of ether oxygens (including phenoxy) is 1. The number of nitrogens with zero attached hydrogens (tertiary/aromatic N) is 1. The summed E-state index contributed by atoms with van der Waals surface area (Å²) in [6, 6.07) is 3.50. The molecule has 106 valence electrons. The molecule has 2 N–H and O–H groups in total. The molecule has 1 aromatic heterocycles. The van der Waals surface area contributed by atoms with Crippen LogP contribution in [0.1, 0.15) is 43.5 Å². The van der Waals surface area contributed by atoms with Gasteiger partial charge >= 0.3 is 0 Å². The molecule has 0 spiro atoms. The van der Waals surface area contributed by atoms with Gasteiger partial charge in [-0.15, -0.1) is 0 Å². The summed E-state index contributed by atoms with van der Waals surface area (Å²) in [7, 11) is 0. The maximum Gasteiger partial charge on any atom is 0.138 e. The monoisotopic (exact) mass is 264 g/mol. The molecular formula is C15H24N2O2. The molecule has 0 aromatic carbocycles. The fourth-order valence-corrected chi connectivity index (χ4v) is 2.47.